The minimum atomic E-state index is -0.284. The third-order valence-corrected chi connectivity index (χ3v) is 3.90. The Morgan fingerprint density at radius 1 is 1.22 bits per heavy atom. The Bertz CT molecular complexity index is 593. The van der Waals surface area contributed by atoms with Gasteiger partial charge in [-0.15, -0.1) is 11.8 Å². The van der Waals surface area contributed by atoms with Gasteiger partial charge in [0.1, 0.15) is 11.6 Å². The van der Waals surface area contributed by atoms with E-state index in [0.29, 0.717) is 31.1 Å². The van der Waals surface area contributed by atoms with Gasteiger partial charge in [-0.1, -0.05) is 6.07 Å². The van der Waals surface area contributed by atoms with Gasteiger partial charge in [0.25, 0.3) is 0 Å². The maximum atomic E-state index is 12.7. The van der Waals surface area contributed by atoms with E-state index in [4.69, 9.17) is 4.74 Å². The smallest absolute Gasteiger partial charge is 0.230 e. The highest BCUT2D eigenvalue weighted by molar-refractivity contribution is 7.99. The number of amides is 1. The largest absolute Gasteiger partial charge is 0.494 e. The molecule has 0 aliphatic carbocycles. The van der Waals surface area contributed by atoms with Crippen LogP contribution in [0.15, 0.2) is 48.7 Å². The van der Waals surface area contributed by atoms with Gasteiger partial charge in [0.05, 0.1) is 18.1 Å². The summed E-state index contributed by atoms with van der Waals surface area (Å²) < 4.78 is 18.2. The SMILES string of the molecule is O=C(CSCc1ccccn1)NCCCOc1ccc(F)cc1. The quantitative estimate of drug-likeness (QED) is 0.716. The Balaban J connectivity index is 1.50. The van der Waals surface area contributed by atoms with Crippen LogP contribution in [0.4, 0.5) is 4.39 Å². The Morgan fingerprint density at radius 2 is 2.04 bits per heavy atom. The lowest BCUT2D eigenvalue weighted by atomic mass is 10.3. The standard InChI is InChI=1S/C17H19FN2O2S/c18-14-5-7-16(8-6-14)22-11-3-10-20-17(21)13-23-12-15-4-1-2-9-19-15/h1-2,4-9H,3,10-13H2,(H,20,21). The fraction of sp³-hybridized carbons (Fsp3) is 0.294. The van der Waals surface area contributed by atoms with Crippen LogP contribution in [-0.2, 0) is 10.5 Å². The summed E-state index contributed by atoms with van der Waals surface area (Å²) in [5, 5.41) is 2.84. The highest BCUT2D eigenvalue weighted by Crippen LogP contribution is 2.11. The molecule has 2 rings (SSSR count). The second-order valence-corrected chi connectivity index (χ2v) is 5.81. The van der Waals surface area contributed by atoms with Crippen molar-refractivity contribution < 1.29 is 13.9 Å². The molecule has 1 aromatic heterocycles. The predicted molar refractivity (Wildman–Crippen MR) is 89.9 cm³/mol. The van der Waals surface area contributed by atoms with Crippen LogP contribution in [0.2, 0.25) is 0 Å². The molecule has 0 saturated carbocycles. The summed E-state index contributed by atoms with van der Waals surface area (Å²) in [6, 6.07) is 11.6. The molecule has 0 bridgehead atoms. The molecule has 1 heterocycles. The zero-order chi connectivity index (χ0) is 16.3. The van der Waals surface area contributed by atoms with Crippen molar-refractivity contribution >= 4 is 17.7 Å². The summed E-state index contributed by atoms with van der Waals surface area (Å²) in [4.78, 5) is 15.9. The molecule has 1 amide bonds. The number of rotatable bonds is 9. The fourth-order valence-electron chi connectivity index (χ4n) is 1.80. The van der Waals surface area contributed by atoms with Crippen LogP contribution in [0, 0.1) is 5.82 Å². The van der Waals surface area contributed by atoms with Crippen molar-refractivity contribution in [2.24, 2.45) is 0 Å². The number of thioether (sulfide) groups is 1. The summed E-state index contributed by atoms with van der Waals surface area (Å²) in [7, 11) is 0. The van der Waals surface area contributed by atoms with Crippen LogP contribution in [0.5, 0.6) is 5.75 Å². The molecule has 0 unspecified atom stereocenters. The number of benzene rings is 1. The number of aromatic nitrogens is 1. The number of carbonyl (C=O) groups excluding carboxylic acids is 1. The minimum absolute atomic E-state index is 0.00714. The van der Waals surface area contributed by atoms with E-state index in [-0.39, 0.29) is 11.7 Å². The number of hydrogen-bond donors (Lipinski definition) is 1. The van der Waals surface area contributed by atoms with E-state index in [2.05, 4.69) is 10.3 Å². The molecular formula is C17H19FN2O2S. The van der Waals surface area contributed by atoms with Gasteiger partial charge in [-0.25, -0.2) is 4.39 Å². The molecule has 0 aliphatic rings. The van der Waals surface area contributed by atoms with Gasteiger partial charge < -0.3 is 10.1 Å². The van der Waals surface area contributed by atoms with Crippen LogP contribution in [0.3, 0.4) is 0 Å². The number of hydrogen-bond acceptors (Lipinski definition) is 4. The molecule has 0 spiro atoms. The van der Waals surface area contributed by atoms with Gasteiger partial charge in [-0.2, -0.15) is 0 Å². The van der Waals surface area contributed by atoms with Crippen LogP contribution in [0.25, 0.3) is 0 Å². The Kier molecular flexibility index (Phi) is 7.39. The van der Waals surface area contributed by atoms with Crippen molar-refractivity contribution in [1.29, 1.82) is 0 Å². The number of halogens is 1. The van der Waals surface area contributed by atoms with E-state index in [9.17, 15) is 9.18 Å². The number of nitrogens with zero attached hydrogens (tertiary/aromatic N) is 1. The van der Waals surface area contributed by atoms with Crippen LogP contribution in [-0.4, -0.2) is 29.8 Å². The first-order chi connectivity index (χ1) is 11.2. The van der Waals surface area contributed by atoms with Gasteiger partial charge in [0.15, 0.2) is 0 Å². The number of pyridine rings is 1. The second kappa shape index (κ2) is 9.84. The topological polar surface area (TPSA) is 51.2 Å². The zero-order valence-corrected chi connectivity index (χ0v) is 13.5. The predicted octanol–water partition coefficient (Wildman–Crippen LogP) is 3.04. The van der Waals surface area contributed by atoms with E-state index in [1.54, 1.807) is 18.3 Å². The molecule has 0 aliphatic heterocycles. The minimum Gasteiger partial charge on any atom is -0.494 e. The third kappa shape index (κ3) is 7.15. The van der Waals surface area contributed by atoms with E-state index in [0.717, 1.165) is 11.4 Å². The molecule has 4 nitrogen and oxygen atoms in total. The molecule has 1 N–H and O–H groups in total. The number of nitrogens with one attached hydrogen (secondary N) is 1. The third-order valence-electron chi connectivity index (χ3n) is 2.93. The Hall–Kier alpha value is -2.08. The maximum Gasteiger partial charge on any atom is 0.230 e. The van der Waals surface area contributed by atoms with Crippen LogP contribution < -0.4 is 10.1 Å². The lowest BCUT2D eigenvalue weighted by Crippen LogP contribution is -2.27. The Morgan fingerprint density at radius 3 is 2.78 bits per heavy atom. The summed E-state index contributed by atoms with van der Waals surface area (Å²) in [6.45, 7) is 1.04. The number of ether oxygens (including phenoxy) is 1. The van der Waals surface area contributed by atoms with Gasteiger partial charge in [-0.05, 0) is 42.8 Å². The first kappa shape index (κ1) is 17.3. The molecule has 0 fully saturated rings. The molecule has 122 valence electrons. The van der Waals surface area contributed by atoms with Crippen molar-refractivity contribution in [3.8, 4) is 5.75 Å². The average Bonchev–Trinajstić information content (AvgIpc) is 2.57. The molecular weight excluding hydrogens is 315 g/mol. The average molecular weight is 334 g/mol. The van der Waals surface area contributed by atoms with Gasteiger partial charge in [-0.3, -0.25) is 9.78 Å². The lowest BCUT2D eigenvalue weighted by Gasteiger charge is -2.07. The summed E-state index contributed by atoms with van der Waals surface area (Å²) in [5.74, 6) is 1.49. The lowest BCUT2D eigenvalue weighted by molar-refractivity contribution is -0.118. The van der Waals surface area contributed by atoms with Crippen molar-refractivity contribution in [2.75, 3.05) is 18.9 Å². The molecule has 2 aromatic rings. The first-order valence-electron chi connectivity index (χ1n) is 7.37. The molecule has 0 atom stereocenters. The molecule has 6 heteroatoms. The van der Waals surface area contributed by atoms with E-state index >= 15 is 0 Å². The summed E-state index contributed by atoms with van der Waals surface area (Å²) in [5.41, 5.74) is 0.970. The zero-order valence-electron chi connectivity index (χ0n) is 12.7. The molecule has 0 radical (unpaired) electrons. The highest BCUT2D eigenvalue weighted by Gasteiger charge is 2.02. The normalized spacial score (nSPS) is 10.3. The van der Waals surface area contributed by atoms with E-state index in [1.807, 2.05) is 18.2 Å². The van der Waals surface area contributed by atoms with E-state index < -0.39 is 0 Å². The first-order valence-corrected chi connectivity index (χ1v) is 8.52. The summed E-state index contributed by atoms with van der Waals surface area (Å²) in [6.07, 6.45) is 2.45. The van der Waals surface area contributed by atoms with Crippen molar-refractivity contribution in [3.05, 3.63) is 60.2 Å². The molecule has 23 heavy (non-hydrogen) atoms. The van der Waals surface area contributed by atoms with Crippen molar-refractivity contribution in [2.45, 2.75) is 12.2 Å². The maximum absolute atomic E-state index is 12.7. The van der Waals surface area contributed by atoms with Crippen molar-refractivity contribution in [3.63, 3.8) is 0 Å². The van der Waals surface area contributed by atoms with Crippen LogP contribution in [0.1, 0.15) is 12.1 Å². The van der Waals surface area contributed by atoms with Crippen molar-refractivity contribution in [1.82, 2.24) is 10.3 Å². The fourth-order valence-corrected chi connectivity index (χ4v) is 2.57. The Labute approximate surface area is 139 Å². The molecule has 1 aromatic carbocycles. The summed E-state index contributed by atoms with van der Waals surface area (Å²) >= 11 is 1.54. The van der Waals surface area contributed by atoms with Crippen LogP contribution >= 0.6 is 11.8 Å². The van der Waals surface area contributed by atoms with Gasteiger partial charge in [0.2, 0.25) is 5.91 Å². The number of carbonyl (C=O) groups is 1. The molecule has 0 saturated heterocycles. The monoisotopic (exact) mass is 334 g/mol. The second-order valence-electron chi connectivity index (χ2n) is 4.82. The van der Waals surface area contributed by atoms with E-state index in [1.165, 1.54) is 23.9 Å². The van der Waals surface area contributed by atoms with Gasteiger partial charge in [0, 0.05) is 18.5 Å². The van der Waals surface area contributed by atoms with Gasteiger partial charge >= 0.3 is 0 Å². The highest BCUT2D eigenvalue weighted by atomic mass is 32.2.